The molecule has 4 nitrogen and oxygen atoms in total. The van der Waals surface area contributed by atoms with E-state index >= 15 is 0 Å². The normalized spacial score (nSPS) is 12.1. The quantitative estimate of drug-likeness (QED) is 0.749. The number of carbonyl (C=O) groups is 1. The highest BCUT2D eigenvalue weighted by Gasteiger charge is 2.10. The van der Waals surface area contributed by atoms with Crippen molar-refractivity contribution in [1.82, 2.24) is 10.3 Å². The zero-order valence-electron chi connectivity index (χ0n) is 9.65. The van der Waals surface area contributed by atoms with Crippen molar-refractivity contribution in [3.63, 3.8) is 0 Å². The van der Waals surface area contributed by atoms with Crippen molar-refractivity contribution in [2.45, 2.75) is 32.2 Å². The van der Waals surface area contributed by atoms with E-state index in [4.69, 9.17) is 5.73 Å². The lowest BCUT2D eigenvalue weighted by Crippen LogP contribution is -2.41. The van der Waals surface area contributed by atoms with Gasteiger partial charge in [-0.3, -0.25) is 9.78 Å². The van der Waals surface area contributed by atoms with Crippen molar-refractivity contribution >= 4 is 5.91 Å². The molecule has 0 saturated carbocycles. The number of hydrogen-bond acceptors (Lipinski definition) is 3. The fourth-order valence-electron chi connectivity index (χ4n) is 1.45. The molecule has 0 unspecified atom stereocenters. The summed E-state index contributed by atoms with van der Waals surface area (Å²) in [5, 5.41) is 2.83. The molecule has 4 heteroatoms. The predicted octanol–water partition coefficient (Wildman–Crippen LogP) is 0.868. The van der Waals surface area contributed by atoms with Crippen LogP contribution in [-0.4, -0.2) is 23.5 Å². The third-order valence-electron chi connectivity index (χ3n) is 2.40. The summed E-state index contributed by atoms with van der Waals surface area (Å²) >= 11 is 0. The molecular formula is C12H19N3O. The van der Waals surface area contributed by atoms with Gasteiger partial charge in [-0.2, -0.15) is 0 Å². The van der Waals surface area contributed by atoms with Crippen molar-refractivity contribution in [3.8, 4) is 0 Å². The number of nitrogens with two attached hydrogens (primary N) is 1. The second-order valence-corrected chi connectivity index (χ2v) is 3.79. The minimum Gasteiger partial charge on any atom is -0.354 e. The summed E-state index contributed by atoms with van der Waals surface area (Å²) < 4.78 is 0. The monoisotopic (exact) mass is 221 g/mol. The summed E-state index contributed by atoms with van der Waals surface area (Å²) in [4.78, 5) is 15.4. The number of nitrogens with one attached hydrogen (secondary N) is 1. The zero-order valence-corrected chi connectivity index (χ0v) is 9.65. The molecule has 16 heavy (non-hydrogen) atoms. The van der Waals surface area contributed by atoms with Crippen LogP contribution in [0.25, 0.3) is 0 Å². The van der Waals surface area contributed by atoms with Gasteiger partial charge in [0, 0.05) is 18.9 Å². The SMILES string of the molecule is CCC[C@H](N)C(=O)NCCc1ccncc1. The van der Waals surface area contributed by atoms with Gasteiger partial charge in [-0.25, -0.2) is 0 Å². The van der Waals surface area contributed by atoms with E-state index in [0.717, 1.165) is 19.3 Å². The van der Waals surface area contributed by atoms with Crippen LogP contribution in [0.3, 0.4) is 0 Å². The Morgan fingerprint density at radius 3 is 2.81 bits per heavy atom. The summed E-state index contributed by atoms with van der Waals surface area (Å²) in [6.07, 6.45) is 5.98. The molecule has 0 aliphatic rings. The Hall–Kier alpha value is -1.42. The van der Waals surface area contributed by atoms with Crippen molar-refractivity contribution in [3.05, 3.63) is 30.1 Å². The fourth-order valence-corrected chi connectivity index (χ4v) is 1.45. The molecule has 0 saturated heterocycles. The summed E-state index contributed by atoms with van der Waals surface area (Å²) in [5.41, 5.74) is 6.85. The molecule has 88 valence electrons. The lowest BCUT2D eigenvalue weighted by atomic mass is 10.1. The first kappa shape index (κ1) is 12.6. The number of carbonyl (C=O) groups excluding carboxylic acids is 1. The number of aromatic nitrogens is 1. The molecule has 1 atom stereocenters. The maximum absolute atomic E-state index is 11.5. The highest BCUT2D eigenvalue weighted by atomic mass is 16.2. The Morgan fingerprint density at radius 2 is 2.19 bits per heavy atom. The Kier molecular flexibility index (Phi) is 5.50. The van der Waals surface area contributed by atoms with E-state index < -0.39 is 0 Å². The Balaban J connectivity index is 2.23. The molecule has 0 aliphatic carbocycles. The molecule has 0 aliphatic heterocycles. The molecule has 3 N–H and O–H groups in total. The van der Waals surface area contributed by atoms with E-state index in [9.17, 15) is 4.79 Å². The van der Waals surface area contributed by atoms with Crippen LogP contribution in [0, 0.1) is 0 Å². The molecule has 0 bridgehead atoms. The summed E-state index contributed by atoms with van der Waals surface area (Å²) in [7, 11) is 0. The van der Waals surface area contributed by atoms with Crippen LogP contribution in [-0.2, 0) is 11.2 Å². The topological polar surface area (TPSA) is 68.0 Å². The van der Waals surface area contributed by atoms with Gasteiger partial charge in [0.1, 0.15) is 0 Å². The van der Waals surface area contributed by atoms with Gasteiger partial charge in [0.15, 0.2) is 0 Å². The highest BCUT2D eigenvalue weighted by Crippen LogP contribution is 1.97. The first-order valence-corrected chi connectivity index (χ1v) is 5.66. The van der Waals surface area contributed by atoms with Gasteiger partial charge >= 0.3 is 0 Å². The molecular weight excluding hydrogens is 202 g/mol. The Bertz CT molecular complexity index is 313. The summed E-state index contributed by atoms with van der Waals surface area (Å²) in [5.74, 6) is -0.0593. The van der Waals surface area contributed by atoms with Gasteiger partial charge in [-0.15, -0.1) is 0 Å². The van der Waals surface area contributed by atoms with Gasteiger partial charge in [0.05, 0.1) is 6.04 Å². The van der Waals surface area contributed by atoms with Crippen LogP contribution in [0.5, 0.6) is 0 Å². The van der Waals surface area contributed by atoms with E-state index in [1.54, 1.807) is 12.4 Å². The van der Waals surface area contributed by atoms with Crippen molar-refractivity contribution < 1.29 is 4.79 Å². The zero-order chi connectivity index (χ0) is 11.8. The van der Waals surface area contributed by atoms with Crippen molar-refractivity contribution in [1.29, 1.82) is 0 Å². The van der Waals surface area contributed by atoms with Gasteiger partial charge in [-0.05, 0) is 30.5 Å². The maximum atomic E-state index is 11.5. The number of hydrogen-bond donors (Lipinski definition) is 2. The molecule has 1 heterocycles. The summed E-state index contributed by atoms with van der Waals surface area (Å²) in [6, 6.07) is 3.51. The summed E-state index contributed by atoms with van der Waals surface area (Å²) in [6.45, 7) is 2.64. The van der Waals surface area contributed by atoms with E-state index in [0.29, 0.717) is 6.54 Å². The molecule has 0 radical (unpaired) electrons. The van der Waals surface area contributed by atoms with Crippen LogP contribution in [0.2, 0.25) is 0 Å². The number of pyridine rings is 1. The number of rotatable bonds is 6. The van der Waals surface area contributed by atoms with Crippen LogP contribution in [0.4, 0.5) is 0 Å². The minimum absolute atomic E-state index is 0.0593. The second kappa shape index (κ2) is 6.95. The van der Waals surface area contributed by atoms with E-state index in [-0.39, 0.29) is 11.9 Å². The third-order valence-corrected chi connectivity index (χ3v) is 2.40. The number of amides is 1. The molecule has 1 aromatic rings. The van der Waals surface area contributed by atoms with Crippen LogP contribution in [0.15, 0.2) is 24.5 Å². The molecule has 1 aromatic heterocycles. The van der Waals surface area contributed by atoms with Crippen LogP contribution < -0.4 is 11.1 Å². The van der Waals surface area contributed by atoms with Gasteiger partial charge in [0.25, 0.3) is 0 Å². The predicted molar refractivity (Wildman–Crippen MR) is 63.8 cm³/mol. The Labute approximate surface area is 96.3 Å². The van der Waals surface area contributed by atoms with Gasteiger partial charge in [-0.1, -0.05) is 13.3 Å². The average Bonchev–Trinajstić information content (AvgIpc) is 2.30. The first-order valence-electron chi connectivity index (χ1n) is 5.66. The molecule has 0 fully saturated rings. The fraction of sp³-hybridized carbons (Fsp3) is 0.500. The van der Waals surface area contributed by atoms with E-state index in [2.05, 4.69) is 10.3 Å². The van der Waals surface area contributed by atoms with E-state index in [1.165, 1.54) is 5.56 Å². The standard InChI is InChI=1S/C12H19N3O/c1-2-3-11(13)12(16)15-9-6-10-4-7-14-8-5-10/h4-5,7-8,11H,2-3,6,9,13H2,1H3,(H,15,16)/t11-/m0/s1. The largest absolute Gasteiger partial charge is 0.354 e. The van der Waals surface area contributed by atoms with Gasteiger partial charge in [0.2, 0.25) is 5.91 Å². The molecule has 0 spiro atoms. The van der Waals surface area contributed by atoms with Crippen molar-refractivity contribution in [2.24, 2.45) is 5.73 Å². The molecule has 0 aromatic carbocycles. The second-order valence-electron chi connectivity index (χ2n) is 3.79. The molecule has 1 rings (SSSR count). The number of nitrogens with zero attached hydrogens (tertiary/aromatic N) is 1. The van der Waals surface area contributed by atoms with Crippen LogP contribution in [0.1, 0.15) is 25.3 Å². The smallest absolute Gasteiger partial charge is 0.236 e. The van der Waals surface area contributed by atoms with Gasteiger partial charge < -0.3 is 11.1 Å². The Morgan fingerprint density at radius 1 is 1.50 bits per heavy atom. The van der Waals surface area contributed by atoms with E-state index in [1.807, 2.05) is 19.1 Å². The van der Waals surface area contributed by atoms with Crippen molar-refractivity contribution in [2.75, 3.05) is 6.54 Å². The van der Waals surface area contributed by atoms with Crippen LogP contribution >= 0.6 is 0 Å². The average molecular weight is 221 g/mol. The lowest BCUT2D eigenvalue weighted by Gasteiger charge is -2.10. The highest BCUT2D eigenvalue weighted by molar-refractivity contribution is 5.81. The minimum atomic E-state index is -0.373. The first-order chi connectivity index (χ1) is 7.74. The third kappa shape index (κ3) is 4.40. The lowest BCUT2D eigenvalue weighted by molar-refractivity contribution is -0.122. The maximum Gasteiger partial charge on any atom is 0.236 e. The molecule has 1 amide bonds.